The van der Waals surface area contributed by atoms with E-state index in [0.717, 1.165) is 0 Å². The number of aliphatic hydroxyl groups is 2. The second kappa shape index (κ2) is 3.28. The van der Waals surface area contributed by atoms with Crippen LogP contribution in [-0.2, 0) is 0 Å². The summed E-state index contributed by atoms with van der Waals surface area (Å²) in [4.78, 5) is 0. The molecule has 0 aliphatic heterocycles. The van der Waals surface area contributed by atoms with E-state index < -0.39 is 5.79 Å². The molecule has 0 saturated carbocycles. The number of hydrogen-bond donors (Lipinski definition) is 2. The summed E-state index contributed by atoms with van der Waals surface area (Å²) in [6, 6.07) is 0. The molecule has 1 unspecified atom stereocenters. The van der Waals surface area contributed by atoms with Crippen LogP contribution in [0.5, 0.6) is 0 Å². The minimum Gasteiger partial charge on any atom is -0.365 e. The highest BCUT2D eigenvalue weighted by Gasteiger charge is 2.40. The van der Waals surface area contributed by atoms with Crippen LogP contribution in [0.25, 0.3) is 0 Å². The molecule has 13 heavy (non-hydrogen) atoms. The van der Waals surface area contributed by atoms with Crippen molar-refractivity contribution in [3.8, 4) is 0 Å². The van der Waals surface area contributed by atoms with Gasteiger partial charge in [-0.15, -0.1) is 0 Å². The predicted octanol–water partition coefficient (Wildman–Crippen LogP) is 1.85. The van der Waals surface area contributed by atoms with E-state index in [1.165, 1.54) is 0 Å². The monoisotopic (exact) mass is 182 g/mol. The summed E-state index contributed by atoms with van der Waals surface area (Å²) in [5.74, 6) is -1.82. The quantitative estimate of drug-likeness (QED) is 0.640. The fraction of sp³-hybridized carbons (Fsp3) is 0.636. The Labute approximate surface area is 79.6 Å². The molecule has 2 nitrogen and oxygen atoms in total. The molecule has 1 rings (SSSR count). The van der Waals surface area contributed by atoms with Crippen LogP contribution in [0.3, 0.4) is 0 Å². The van der Waals surface area contributed by atoms with Gasteiger partial charge >= 0.3 is 0 Å². The van der Waals surface area contributed by atoms with Crippen molar-refractivity contribution in [2.75, 3.05) is 0 Å². The van der Waals surface area contributed by atoms with Crippen LogP contribution in [0.1, 0.15) is 27.2 Å². The maximum absolute atomic E-state index is 9.75. The first-order valence-corrected chi connectivity index (χ1v) is 4.71. The van der Waals surface area contributed by atoms with Gasteiger partial charge < -0.3 is 10.2 Å². The lowest BCUT2D eigenvalue weighted by molar-refractivity contribution is -0.206. The van der Waals surface area contributed by atoms with E-state index in [4.69, 9.17) is 0 Å². The van der Waals surface area contributed by atoms with Crippen molar-refractivity contribution < 1.29 is 10.2 Å². The Morgan fingerprint density at radius 1 is 1.31 bits per heavy atom. The summed E-state index contributed by atoms with van der Waals surface area (Å²) >= 11 is 0. The summed E-state index contributed by atoms with van der Waals surface area (Å²) < 4.78 is 0. The highest BCUT2D eigenvalue weighted by molar-refractivity contribution is 5.20. The third-order valence-electron chi connectivity index (χ3n) is 2.76. The fourth-order valence-electron chi connectivity index (χ4n) is 1.80. The zero-order chi connectivity index (χ0) is 10.1. The number of allylic oxidation sites excluding steroid dienone is 3. The Balaban J connectivity index is 2.92. The lowest BCUT2D eigenvalue weighted by atomic mass is 9.71. The Morgan fingerprint density at radius 2 is 1.92 bits per heavy atom. The molecule has 2 N–H and O–H groups in total. The molecular weight excluding hydrogens is 164 g/mol. The average Bonchev–Trinajstić information content (AvgIpc) is 2.03. The molecule has 1 atom stereocenters. The molecule has 0 aromatic carbocycles. The van der Waals surface area contributed by atoms with E-state index in [2.05, 4.69) is 0 Å². The molecule has 0 saturated heterocycles. The van der Waals surface area contributed by atoms with E-state index in [-0.39, 0.29) is 11.3 Å². The maximum atomic E-state index is 9.75. The van der Waals surface area contributed by atoms with Gasteiger partial charge in [-0.2, -0.15) is 0 Å². The summed E-state index contributed by atoms with van der Waals surface area (Å²) in [5.41, 5.74) is -0.186. The molecular formula is C11H18O2. The van der Waals surface area contributed by atoms with Gasteiger partial charge in [0, 0.05) is 5.92 Å². The number of hydrogen-bond acceptors (Lipinski definition) is 2. The molecule has 0 heterocycles. The standard InChI is InChI=1S/C11H18O2/c1-4-11(12,13)9-7-5-6-8-10(9,2)3/h5-9,12-13H,4H2,1-3H3. The Morgan fingerprint density at radius 3 is 2.38 bits per heavy atom. The summed E-state index contributed by atoms with van der Waals surface area (Å²) in [5, 5.41) is 19.5. The van der Waals surface area contributed by atoms with Gasteiger partial charge in [0.2, 0.25) is 0 Å². The van der Waals surface area contributed by atoms with E-state index >= 15 is 0 Å². The van der Waals surface area contributed by atoms with Gasteiger partial charge in [-0.05, 0) is 11.8 Å². The molecule has 1 aliphatic carbocycles. The largest absolute Gasteiger partial charge is 0.365 e. The first-order valence-electron chi connectivity index (χ1n) is 4.71. The molecule has 2 heteroatoms. The van der Waals surface area contributed by atoms with Crippen LogP contribution in [0.2, 0.25) is 0 Å². The second-order valence-corrected chi connectivity index (χ2v) is 4.28. The first kappa shape index (κ1) is 10.5. The van der Waals surface area contributed by atoms with Crippen molar-refractivity contribution in [2.24, 2.45) is 11.3 Å². The summed E-state index contributed by atoms with van der Waals surface area (Å²) in [7, 11) is 0. The van der Waals surface area contributed by atoms with Gasteiger partial charge in [-0.3, -0.25) is 0 Å². The van der Waals surface area contributed by atoms with Crippen molar-refractivity contribution >= 4 is 0 Å². The van der Waals surface area contributed by atoms with Crippen LogP contribution in [0.15, 0.2) is 24.3 Å². The van der Waals surface area contributed by atoms with Crippen molar-refractivity contribution in [3.05, 3.63) is 24.3 Å². The Kier molecular flexibility index (Phi) is 2.64. The van der Waals surface area contributed by atoms with Crippen LogP contribution < -0.4 is 0 Å². The van der Waals surface area contributed by atoms with Crippen molar-refractivity contribution in [1.29, 1.82) is 0 Å². The van der Waals surface area contributed by atoms with Crippen LogP contribution >= 0.6 is 0 Å². The predicted molar refractivity (Wildman–Crippen MR) is 53.0 cm³/mol. The van der Waals surface area contributed by atoms with Gasteiger partial charge in [0.15, 0.2) is 5.79 Å². The first-order chi connectivity index (χ1) is 5.90. The minimum atomic E-state index is -1.59. The zero-order valence-corrected chi connectivity index (χ0v) is 8.49. The molecule has 0 bridgehead atoms. The third kappa shape index (κ3) is 2.01. The Hall–Kier alpha value is -0.600. The average molecular weight is 182 g/mol. The lowest BCUT2D eigenvalue weighted by Crippen LogP contribution is -2.44. The zero-order valence-electron chi connectivity index (χ0n) is 8.49. The molecule has 0 spiro atoms. The Bertz CT molecular complexity index is 236. The molecule has 74 valence electrons. The molecule has 0 radical (unpaired) electrons. The normalized spacial score (nSPS) is 26.4. The molecule has 1 aliphatic rings. The van der Waals surface area contributed by atoms with Gasteiger partial charge in [0.1, 0.15) is 0 Å². The van der Waals surface area contributed by atoms with Crippen LogP contribution in [-0.4, -0.2) is 16.0 Å². The topological polar surface area (TPSA) is 40.5 Å². The van der Waals surface area contributed by atoms with Crippen LogP contribution in [0, 0.1) is 11.3 Å². The fourth-order valence-corrected chi connectivity index (χ4v) is 1.80. The highest BCUT2D eigenvalue weighted by atomic mass is 16.5. The highest BCUT2D eigenvalue weighted by Crippen LogP contribution is 2.39. The van der Waals surface area contributed by atoms with Crippen molar-refractivity contribution in [2.45, 2.75) is 33.0 Å². The maximum Gasteiger partial charge on any atom is 0.169 e. The van der Waals surface area contributed by atoms with E-state index in [1.54, 1.807) is 6.92 Å². The van der Waals surface area contributed by atoms with Crippen LogP contribution in [0.4, 0.5) is 0 Å². The van der Waals surface area contributed by atoms with Gasteiger partial charge in [-0.1, -0.05) is 45.1 Å². The van der Waals surface area contributed by atoms with Gasteiger partial charge in [-0.25, -0.2) is 0 Å². The summed E-state index contributed by atoms with van der Waals surface area (Å²) in [6.45, 7) is 5.80. The van der Waals surface area contributed by atoms with Gasteiger partial charge in [0.05, 0.1) is 0 Å². The van der Waals surface area contributed by atoms with E-state index in [0.29, 0.717) is 6.42 Å². The molecule has 0 fully saturated rings. The third-order valence-corrected chi connectivity index (χ3v) is 2.76. The van der Waals surface area contributed by atoms with Crippen molar-refractivity contribution in [1.82, 2.24) is 0 Å². The SMILES string of the molecule is CCC(O)(O)C1C=CC=CC1(C)C. The number of rotatable bonds is 2. The van der Waals surface area contributed by atoms with Crippen molar-refractivity contribution in [3.63, 3.8) is 0 Å². The molecule has 0 amide bonds. The smallest absolute Gasteiger partial charge is 0.169 e. The second-order valence-electron chi connectivity index (χ2n) is 4.28. The molecule has 0 aromatic rings. The minimum absolute atomic E-state index is 0.186. The lowest BCUT2D eigenvalue weighted by Gasteiger charge is -2.39. The summed E-state index contributed by atoms with van der Waals surface area (Å²) in [6.07, 6.45) is 8.03. The van der Waals surface area contributed by atoms with E-state index in [1.807, 2.05) is 38.2 Å². The van der Waals surface area contributed by atoms with Gasteiger partial charge in [0.25, 0.3) is 0 Å². The van der Waals surface area contributed by atoms with E-state index in [9.17, 15) is 10.2 Å². The molecule has 0 aromatic heterocycles.